The summed E-state index contributed by atoms with van der Waals surface area (Å²) in [4.78, 5) is 0. The molecule has 0 heterocycles. The number of unbranched alkanes of at least 4 members (excludes halogenated alkanes) is 2. The summed E-state index contributed by atoms with van der Waals surface area (Å²) in [7, 11) is 1.79. The van der Waals surface area contributed by atoms with Gasteiger partial charge in [-0.2, -0.15) is 0 Å². The van der Waals surface area contributed by atoms with Crippen molar-refractivity contribution in [2.24, 2.45) is 5.92 Å². The summed E-state index contributed by atoms with van der Waals surface area (Å²) in [5.41, 5.74) is 2.85. The number of ether oxygens (including phenoxy) is 1. The van der Waals surface area contributed by atoms with E-state index in [-0.39, 0.29) is 0 Å². The molecule has 1 atom stereocenters. The molecule has 1 aromatic carbocycles. The van der Waals surface area contributed by atoms with Gasteiger partial charge in [0.15, 0.2) is 0 Å². The maximum absolute atomic E-state index is 5.14. The monoisotopic (exact) mass is 234 g/mol. The molecule has 0 bridgehead atoms. The lowest BCUT2D eigenvalue weighted by molar-refractivity contribution is 0.154. The molecule has 0 aliphatic heterocycles. The van der Waals surface area contributed by atoms with Crippen LogP contribution in [0, 0.1) is 12.8 Å². The van der Waals surface area contributed by atoms with Crippen LogP contribution in [-0.4, -0.2) is 13.7 Å². The summed E-state index contributed by atoms with van der Waals surface area (Å²) in [6.07, 6.45) is 6.49. The van der Waals surface area contributed by atoms with E-state index in [2.05, 4.69) is 38.1 Å². The van der Waals surface area contributed by atoms with Crippen molar-refractivity contribution in [3.8, 4) is 0 Å². The highest BCUT2D eigenvalue weighted by Crippen LogP contribution is 2.12. The number of aryl methyl sites for hydroxylation is 2. The lowest BCUT2D eigenvalue weighted by Crippen LogP contribution is -2.03. The number of methoxy groups -OCH3 is 1. The van der Waals surface area contributed by atoms with Crippen molar-refractivity contribution in [1.29, 1.82) is 0 Å². The Morgan fingerprint density at radius 1 is 1.18 bits per heavy atom. The Labute approximate surface area is 106 Å². The molecular weight excluding hydrogens is 208 g/mol. The Hall–Kier alpha value is -0.820. The number of hydrogen-bond acceptors (Lipinski definition) is 1. The third-order valence-corrected chi connectivity index (χ3v) is 3.20. The molecule has 1 heteroatoms. The molecule has 0 saturated carbocycles. The van der Waals surface area contributed by atoms with E-state index in [1.807, 2.05) is 0 Å². The third kappa shape index (κ3) is 6.48. The number of hydrogen-bond donors (Lipinski definition) is 0. The summed E-state index contributed by atoms with van der Waals surface area (Å²) in [5, 5.41) is 0. The fourth-order valence-electron chi connectivity index (χ4n) is 2.23. The van der Waals surface area contributed by atoms with E-state index in [0.29, 0.717) is 5.92 Å². The van der Waals surface area contributed by atoms with Crippen molar-refractivity contribution in [2.75, 3.05) is 13.7 Å². The second kappa shape index (κ2) is 8.30. The molecule has 0 fully saturated rings. The average molecular weight is 234 g/mol. The van der Waals surface area contributed by atoms with Gasteiger partial charge in [0, 0.05) is 13.7 Å². The van der Waals surface area contributed by atoms with Crippen LogP contribution >= 0.6 is 0 Å². The predicted octanol–water partition coefficient (Wildman–Crippen LogP) is 4.38. The molecule has 0 aliphatic rings. The van der Waals surface area contributed by atoms with E-state index in [1.165, 1.54) is 43.2 Å². The van der Waals surface area contributed by atoms with E-state index in [4.69, 9.17) is 4.74 Å². The maximum atomic E-state index is 5.14. The second-order valence-corrected chi connectivity index (χ2v) is 5.15. The lowest BCUT2D eigenvalue weighted by atomic mass is 10.0. The summed E-state index contributed by atoms with van der Waals surface area (Å²) < 4.78 is 5.14. The van der Waals surface area contributed by atoms with E-state index in [1.54, 1.807) is 7.11 Å². The third-order valence-electron chi connectivity index (χ3n) is 3.20. The first-order valence-corrected chi connectivity index (χ1v) is 6.77. The van der Waals surface area contributed by atoms with Crippen LogP contribution in [0.4, 0.5) is 0 Å². The smallest absolute Gasteiger partial charge is 0.0487 e. The van der Waals surface area contributed by atoms with Gasteiger partial charge in [0.1, 0.15) is 0 Å². The first kappa shape index (κ1) is 14.2. The molecule has 0 aliphatic carbocycles. The summed E-state index contributed by atoms with van der Waals surface area (Å²) in [6.45, 7) is 5.33. The first-order valence-electron chi connectivity index (χ1n) is 6.77. The molecule has 96 valence electrons. The van der Waals surface area contributed by atoms with Crippen molar-refractivity contribution < 1.29 is 4.74 Å². The number of rotatable bonds is 8. The van der Waals surface area contributed by atoms with Gasteiger partial charge in [0.2, 0.25) is 0 Å². The fraction of sp³-hybridized carbons (Fsp3) is 0.625. The minimum Gasteiger partial charge on any atom is -0.384 e. The molecule has 1 nitrogen and oxygen atoms in total. The normalized spacial score (nSPS) is 12.6. The minimum absolute atomic E-state index is 0.707. The lowest BCUT2D eigenvalue weighted by Gasteiger charge is -2.09. The van der Waals surface area contributed by atoms with Crippen LogP contribution in [0.25, 0.3) is 0 Å². The standard InChI is InChI=1S/C16H26O/c1-14-9-7-11-16(12-14)10-6-4-5-8-15(2)13-17-3/h7,9,11-12,15H,4-6,8,10,13H2,1-3H3. The Kier molecular flexibility index (Phi) is 6.95. The van der Waals surface area contributed by atoms with Crippen LogP contribution in [0.5, 0.6) is 0 Å². The number of benzene rings is 1. The van der Waals surface area contributed by atoms with Crippen molar-refractivity contribution in [3.05, 3.63) is 35.4 Å². The molecule has 0 spiro atoms. The summed E-state index contributed by atoms with van der Waals surface area (Å²) >= 11 is 0. The van der Waals surface area contributed by atoms with Crippen molar-refractivity contribution >= 4 is 0 Å². The van der Waals surface area contributed by atoms with Gasteiger partial charge in [0.25, 0.3) is 0 Å². The quantitative estimate of drug-likeness (QED) is 0.606. The minimum atomic E-state index is 0.707. The van der Waals surface area contributed by atoms with Gasteiger partial charge >= 0.3 is 0 Å². The van der Waals surface area contributed by atoms with Gasteiger partial charge in [0.05, 0.1) is 0 Å². The highest BCUT2D eigenvalue weighted by molar-refractivity contribution is 5.22. The van der Waals surface area contributed by atoms with Crippen molar-refractivity contribution in [2.45, 2.75) is 46.0 Å². The average Bonchev–Trinajstić information content (AvgIpc) is 2.29. The predicted molar refractivity (Wildman–Crippen MR) is 74.4 cm³/mol. The zero-order chi connectivity index (χ0) is 12.5. The van der Waals surface area contributed by atoms with Crippen LogP contribution in [-0.2, 0) is 11.2 Å². The van der Waals surface area contributed by atoms with E-state index in [9.17, 15) is 0 Å². The van der Waals surface area contributed by atoms with Gasteiger partial charge in [-0.1, -0.05) is 49.6 Å². The summed E-state index contributed by atoms with van der Waals surface area (Å²) in [5.74, 6) is 0.707. The molecular formula is C16H26O. The fourth-order valence-corrected chi connectivity index (χ4v) is 2.23. The highest BCUT2D eigenvalue weighted by Gasteiger charge is 2.01. The molecule has 0 aromatic heterocycles. The molecule has 0 saturated heterocycles. The molecule has 1 rings (SSSR count). The zero-order valence-electron chi connectivity index (χ0n) is 11.5. The maximum Gasteiger partial charge on any atom is 0.0487 e. The topological polar surface area (TPSA) is 9.23 Å². The van der Waals surface area contributed by atoms with Gasteiger partial charge < -0.3 is 4.74 Å². The van der Waals surface area contributed by atoms with E-state index >= 15 is 0 Å². The SMILES string of the molecule is COCC(C)CCCCCc1cccc(C)c1. The largest absolute Gasteiger partial charge is 0.384 e. The summed E-state index contributed by atoms with van der Waals surface area (Å²) in [6, 6.07) is 8.86. The zero-order valence-corrected chi connectivity index (χ0v) is 11.5. The van der Waals surface area contributed by atoms with Crippen LogP contribution in [0.2, 0.25) is 0 Å². The Bertz CT molecular complexity index is 306. The molecule has 1 aromatic rings. The van der Waals surface area contributed by atoms with E-state index in [0.717, 1.165) is 6.61 Å². The van der Waals surface area contributed by atoms with Crippen LogP contribution in [0.3, 0.4) is 0 Å². The Balaban J connectivity index is 2.08. The molecule has 0 radical (unpaired) electrons. The van der Waals surface area contributed by atoms with E-state index < -0.39 is 0 Å². The van der Waals surface area contributed by atoms with Crippen LogP contribution in [0.1, 0.15) is 43.7 Å². The highest BCUT2D eigenvalue weighted by atomic mass is 16.5. The van der Waals surface area contributed by atoms with Gasteiger partial charge in [-0.25, -0.2) is 0 Å². The Morgan fingerprint density at radius 3 is 2.71 bits per heavy atom. The Morgan fingerprint density at radius 2 is 2.00 bits per heavy atom. The van der Waals surface area contributed by atoms with Crippen LogP contribution < -0.4 is 0 Å². The first-order chi connectivity index (χ1) is 8.22. The molecule has 1 unspecified atom stereocenters. The second-order valence-electron chi connectivity index (χ2n) is 5.15. The molecule has 0 amide bonds. The molecule has 0 N–H and O–H groups in total. The van der Waals surface area contributed by atoms with Gasteiger partial charge in [-0.15, -0.1) is 0 Å². The van der Waals surface area contributed by atoms with Gasteiger partial charge in [-0.3, -0.25) is 0 Å². The molecule has 17 heavy (non-hydrogen) atoms. The van der Waals surface area contributed by atoms with Crippen molar-refractivity contribution in [1.82, 2.24) is 0 Å². The van der Waals surface area contributed by atoms with Gasteiger partial charge in [-0.05, 0) is 37.7 Å². The van der Waals surface area contributed by atoms with Crippen molar-refractivity contribution in [3.63, 3.8) is 0 Å². The van der Waals surface area contributed by atoms with Crippen LogP contribution in [0.15, 0.2) is 24.3 Å².